The first kappa shape index (κ1) is 15.8. The highest BCUT2D eigenvalue weighted by Crippen LogP contribution is 2.11. The number of hydrogen-bond donors (Lipinski definition) is 2. The Kier molecular flexibility index (Phi) is 6.08. The molecule has 1 rings (SSSR count). The SMILES string of the molecule is CCC(C)CC(C)NC(=O)N1CCOC(C(=O)O)C1. The zero-order chi connectivity index (χ0) is 14.4. The summed E-state index contributed by atoms with van der Waals surface area (Å²) in [5.41, 5.74) is 0. The molecule has 2 N–H and O–H groups in total. The molecule has 1 fully saturated rings. The Bertz CT molecular complexity index is 322. The van der Waals surface area contributed by atoms with Crippen molar-refractivity contribution in [1.29, 1.82) is 0 Å². The van der Waals surface area contributed by atoms with Crippen LogP contribution in [0.3, 0.4) is 0 Å². The second kappa shape index (κ2) is 7.33. The van der Waals surface area contributed by atoms with E-state index < -0.39 is 12.1 Å². The van der Waals surface area contributed by atoms with Gasteiger partial charge in [0.05, 0.1) is 13.2 Å². The summed E-state index contributed by atoms with van der Waals surface area (Å²) < 4.78 is 5.09. The Morgan fingerprint density at radius 2 is 2.16 bits per heavy atom. The molecule has 0 aromatic rings. The molecule has 0 radical (unpaired) electrons. The van der Waals surface area contributed by atoms with E-state index in [0.717, 1.165) is 12.8 Å². The summed E-state index contributed by atoms with van der Waals surface area (Å²) in [5.74, 6) is -0.461. The van der Waals surface area contributed by atoms with E-state index in [1.54, 1.807) is 0 Å². The lowest BCUT2D eigenvalue weighted by molar-refractivity contribution is -0.154. The summed E-state index contributed by atoms with van der Waals surface area (Å²) in [4.78, 5) is 24.4. The first-order chi connectivity index (χ1) is 8.93. The molecule has 110 valence electrons. The van der Waals surface area contributed by atoms with E-state index in [-0.39, 0.29) is 25.2 Å². The largest absolute Gasteiger partial charge is 0.479 e. The van der Waals surface area contributed by atoms with E-state index in [1.165, 1.54) is 4.90 Å². The number of nitrogens with zero attached hydrogens (tertiary/aromatic N) is 1. The Morgan fingerprint density at radius 1 is 1.47 bits per heavy atom. The van der Waals surface area contributed by atoms with Crippen molar-refractivity contribution in [1.82, 2.24) is 10.2 Å². The summed E-state index contributed by atoms with van der Waals surface area (Å²) in [6.07, 6.45) is 1.10. The van der Waals surface area contributed by atoms with E-state index in [2.05, 4.69) is 19.2 Å². The van der Waals surface area contributed by atoms with Crippen molar-refractivity contribution in [3.63, 3.8) is 0 Å². The van der Waals surface area contributed by atoms with Gasteiger partial charge < -0.3 is 20.1 Å². The lowest BCUT2D eigenvalue weighted by Gasteiger charge is -2.32. The Morgan fingerprint density at radius 3 is 2.74 bits per heavy atom. The van der Waals surface area contributed by atoms with E-state index in [1.807, 2.05) is 6.92 Å². The molecule has 0 bridgehead atoms. The summed E-state index contributed by atoms with van der Waals surface area (Å²) in [6, 6.07) is -0.112. The standard InChI is InChI=1S/C13H24N2O4/c1-4-9(2)7-10(3)14-13(18)15-5-6-19-11(8-15)12(16)17/h9-11H,4-8H2,1-3H3,(H,14,18)(H,16,17). The van der Waals surface area contributed by atoms with Gasteiger partial charge in [0.15, 0.2) is 6.10 Å². The molecule has 6 nitrogen and oxygen atoms in total. The number of carboxylic acid groups (broad SMARTS) is 1. The van der Waals surface area contributed by atoms with Crippen LogP contribution < -0.4 is 5.32 Å². The van der Waals surface area contributed by atoms with Crippen LogP contribution in [0.1, 0.15) is 33.6 Å². The topological polar surface area (TPSA) is 78.9 Å². The number of aliphatic carboxylic acids is 1. The molecule has 1 saturated heterocycles. The molecular formula is C13H24N2O4. The van der Waals surface area contributed by atoms with Gasteiger partial charge in [-0.1, -0.05) is 20.3 Å². The zero-order valence-corrected chi connectivity index (χ0v) is 11.9. The first-order valence-electron chi connectivity index (χ1n) is 6.83. The average molecular weight is 272 g/mol. The lowest BCUT2D eigenvalue weighted by Crippen LogP contribution is -2.53. The number of carboxylic acids is 1. The molecule has 2 amide bonds. The summed E-state index contributed by atoms with van der Waals surface area (Å²) >= 11 is 0. The third-order valence-electron chi connectivity index (χ3n) is 3.45. The van der Waals surface area contributed by atoms with Crippen molar-refractivity contribution < 1.29 is 19.4 Å². The summed E-state index contributed by atoms with van der Waals surface area (Å²) in [5, 5.41) is 11.8. The van der Waals surface area contributed by atoms with Crippen molar-refractivity contribution >= 4 is 12.0 Å². The summed E-state index contributed by atoms with van der Waals surface area (Å²) in [6.45, 7) is 7.06. The number of hydrogen-bond acceptors (Lipinski definition) is 3. The van der Waals surface area contributed by atoms with Crippen LogP contribution in [0.4, 0.5) is 4.79 Å². The predicted octanol–water partition coefficient (Wildman–Crippen LogP) is 1.31. The maximum absolute atomic E-state index is 12.0. The quantitative estimate of drug-likeness (QED) is 0.791. The number of amides is 2. The highest BCUT2D eigenvalue weighted by Gasteiger charge is 2.29. The molecule has 0 saturated carbocycles. The molecule has 3 atom stereocenters. The van der Waals surface area contributed by atoms with Crippen LogP contribution in [0, 0.1) is 5.92 Å². The number of carbonyl (C=O) groups excluding carboxylic acids is 1. The van der Waals surface area contributed by atoms with Crippen molar-refractivity contribution in [2.24, 2.45) is 5.92 Å². The second-order valence-corrected chi connectivity index (χ2v) is 5.24. The van der Waals surface area contributed by atoms with Gasteiger partial charge in [0, 0.05) is 12.6 Å². The van der Waals surface area contributed by atoms with Gasteiger partial charge in [0.2, 0.25) is 0 Å². The van der Waals surface area contributed by atoms with E-state index >= 15 is 0 Å². The third kappa shape index (κ3) is 5.06. The van der Waals surface area contributed by atoms with Crippen LogP contribution in [0.2, 0.25) is 0 Å². The minimum absolute atomic E-state index is 0.0913. The van der Waals surface area contributed by atoms with Gasteiger partial charge in [0.1, 0.15) is 0 Å². The van der Waals surface area contributed by atoms with Gasteiger partial charge in [0.25, 0.3) is 0 Å². The minimum atomic E-state index is -1.02. The smallest absolute Gasteiger partial charge is 0.334 e. The van der Waals surface area contributed by atoms with Crippen LogP contribution >= 0.6 is 0 Å². The number of nitrogens with one attached hydrogen (secondary N) is 1. The highest BCUT2D eigenvalue weighted by molar-refractivity contribution is 5.77. The van der Waals surface area contributed by atoms with Crippen LogP contribution in [0.25, 0.3) is 0 Å². The van der Waals surface area contributed by atoms with E-state index in [0.29, 0.717) is 12.5 Å². The number of ether oxygens (including phenoxy) is 1. The van der Waals surface area contributed by atoms with Crippen molar-refractivity contribution in [2.75, 3.05) is 19.7 Å². The van der Waals surface area contributed by atoms with Gasteiger partial charge in [-0.2, -0.15) is 0 Å². The number of urea groups is 1. The van der Waals surface area contributed by atoms with Crippen LogP contribution in [-0.4, -0.2) is 53.8 Å². The minimum Gasteiger partial charge on any atom is -0.479 e. The molecule has 19 heavy (non-hydrogen) atoms. The number of rotatable bonds is 5. The van der Waals surface area contributed by atoms with Gasteiger partial charge in [-0.3, -0.25) is 0 Å². The summed E-state index contributed by atoms with van der Waals surface area (Å²) in [7, 11) is 0. The lowest BCUT2D eigenvalue weighted by atomic mass is 10.0. The molecule has 1 aliphatic rings. The van der Waals surface area contributed by atoms with Gasteiger partial charge in [-0.05, 0) is 19.3 Å². The van der Waals surface area contributed by atoms with Crippen LogP contribution in [0.15, 0.2) is 0 Å². The molecule has 3 unspecified atom stereocenters. The van der Waals surface area contributed by atoms with E-state index in [4.69, 9.17) is 9.84 Å². The molecule has 0 aromatic carbocycles. The van der Waals surface area contributed by atoms with Gasteiger partial charge in [-0.25, -0.2) is 9.59 Å². The zero-order valence-electron chi connectivity index (χ0n) is 11.9. The fraction of sp³-hybridized carbons (Fsp3) is 0.846. The maximum Gasteiger partial charge on any atom is 0.334 e. The number of carbonyl (C=O) groups is 2. The molecule has 0 spiro atoms. The highest BCUT2D eigenvalue weighted by atomic mass is 16.5. The van der Waals surface area contributed by atoms with Crippen molar-refractivity contribution in [2.45, 2.75) is 45.8 Å². The first-order valence-corrected chi connectivity index (χ1v) is 6.83. The van der Waals surface area contributed by atoms with E-state index in [9.17, 15) is 9.59 Å². The molecule has 1 aliphatic heterocycles. The Balaban J connectivity index is 2.42. The molecule has 6 heteroatoms. The Hall–Kier alpha value is -1.30. The van der Waals surface area contributed by atoms with Gasteiger partial charge >= 0.3 is 12.0 Å². The Labute approximate surface area is 114 Å². The fourth-order valence-corrected chi connectivity index (χ4v) is 2.11. The predicted molar refractivity (Wildman–Crippen MR) is 71.0 cm³/mol. The second-order valence-electron chi connectivity index (χ2n) is 5.24. The fourth-order valence-electron chi connectivity index (χ4n) is 2.11. The van der Waals surface area contributed by atoms with Gasteiger partial charge in [-0.15, -0.1) is 0 Å². The van der Waals surface area contributed by atoms with Crippen LogP contribution in [-0.2, 0) is 9.53 Å². The average Bonchev–Trinajstić information content (AvgIpc) is 2.38. The molecular weight excluding hydrogens is 248 g/mol. The van der Waals surface area contributed by atoms with Crippen LogP contribution in [0.5, 0.6) is 0 Å². The van der Waals surface area contributed by atoms with Crippen molar-refractivity contribution in [3.8, 4) is 0 Å². The monoisotopic (exact) mass is 272 g/mol. The number of morpholine rings is 1. The maximum atomic E-state index is 12.0. The third-order valence-corrected chi connectivity index (χ3v) is 3.45. The molecule has 0 aromatic heterocycles. The normalized spacial score (nSPS) is 22.7. The molecule has 0 aliphatic carbocycles. The van der Waals surface area contributed by atoms with Crippen molar-refractivity contribution in [3.05, 3.63) is 0 Å². The molecule has 1 heterocycles.